The van der Waals surface area contributed by atoms with E-state index in [9.17, 15) is 14.7 Å². The average molecular weight is 353 g/mol. The van der Waals surface area contributed by atoms with E-state index in [1.54, 1.807) is 6.92 Å². The molecule has 5 atom stereocenters. The number of rotatable bonds is 4. The van der Waals surface area contributed by atoms with Crippen LogP contribution in [0.5, 0.6) is 0 Å². The summed E-state index contributed by atoms with van der Waals surface area (Å²) in [6, 6.07) is -0.706. The van der Waals surface area contributed by atoms with Crippen LogP contribution in [0.3, 0.4) is 0 Å². The summed E-state index contributed by atoms with van der Waals surface area (Å²) in [5.41, 5.74) is 14.3. The lowest BCUT2D eigenvalue weighted by atomic mass is 10.1. The van der Waals surface area contributed by atoms with Gasteiger partial charge in [-0.1, -0.05) is 12.0 Å². The Morgan fingerprint density at radius 2 is 2.33 bits per heavy atom. The number of aliphatic hydroxyl groups is 1. The first-order valence-corrected chi connectivity index (χ1v) is 8.18. The van der Waals surface area contributed by atoms with Crippen molar-refractivity contribution in [1.29, 1.82) is 0 Å². The lowest BCUT2D eigenvalue weighted by Gasteiger charge is -2.27. The zero-order chi connectivity index (χ0) is 17.4. The summed E-state index contributed by atoms with van der Waals surface area (Å²) in [6.45, 7) is 1.79. The number of nitrogens with two attached hydrogens (primary N) is 1. The molecule has 2 saturated heterocycles. The Balaban J connectivity index is 1.93. The van der Waals surface area contributed by atoms with Gasteiger partial charge < -0.3 is 15.6 Å². The van der Waals surface area contributed by atoms with E-state index in [-0.39, 0.29) is 18.2 Å². The van der Waals surface area contributed by atoms with Crippen molar-refractivity contribution in [2.45, 2.75) is 49.5 Å². The van der Waals surface area contributed by atoms with E-state index in [0.717, 1.165) is 11.8 Å². The summed E-state index contributed by atoms with van der Waals surface area (Å²) >= 11 is 0.757. The molecule has 0 aromatic rings. The second-order valence-corrected chi connectivity index (χ2v) is 6.52. The molecule has 0 aliphatic carbocycles. The number of carbonyl (C=O) groups excluding carboxylic acids is 2. The Bertz CT molecular complexity index is 689. The van der Waals surface area contributed by atoms with Crippen LogP contribution in [0.1, 0.15) is 19.8 Å². The Morgan fingerprint density at radius 1 is 1.58 bits per heavy atom. The largest absolute Gasteiger partial charge is 0.390 e. The first-order valence-electron chi connectivity index (χ1n) is 7.30. The molecule has 3 heterocycles. The first-order chi connectivity index (χ1) is 11.5. The van der Waals surface area contributed by atoms with E-state index in [1.165, 1.54) is 4.90 Å². The third-order valence-corrected chi connectivity index (χ3v) is 5.04. The van der Waals surface area contributed by atoms with Crippen LogP contribution in [0, 0.1) is 0 Å². The van der Waals surface area contributed by atoms with E-state index < -0.39 is 40.9 Å². The van der Waals surface area contributed by atoms with Gasteiger partial charge in [0.1, 0.15) is 12.1 Å². The normalized spacial score (nSPS) is 33.7. The number of fused-ring (bicyclic) bond motifs is 1. The van der Waals surface area contributed by atoms with E-state index in [2.05, 4.69) is 20.0 Å². The van der Waals surface area contributed by atoms with Crippen LogP contribution in [0.2, 0.25) is 0 Å². The van der Waals surface area contributed by atoms with Gasteiger partial charge in [-0.15, -0.1) is 0 Å². The number of carbonyl (C=O) groups is 2. The summed E-state index contributed by atoms with van der Waals surface area (Å²) in [7, 11) is 0. The van der Waals surface area contributed by atoms with Gasteiger partial charge in [-0.25, -0.2) is 0 Å². The van der Waals surface area contributed by atoms with Gasteiger partial charge in [0.2, 0.25) is 5.96 Å². The van der Waals surface area contributed by atoms with Crippen molar-refractivity contribution in [2.75, 3.05) is 0 Å². The Morgan fingerprint density at radius 3 is 3.00 bits per heavy atom. The first kappa shape index (κ1) is 16.7. The summed E-state index contributed by atoms with van der Waals surface area (Å²) in [4.78, 5) is 35.8. The van der Waals surface area contributed by atoms with E-state index >= 15 is 0 Å². The fourth-order valence-electron chi connectivity index (χ4n) is 2.85. The minimum atomic E-state index is -0.949. The van der Waals surface area contributed by atoms with Crippen LogP contribution in [-0.4, -0.2) is 62.7 Å². The number of nitrogens with zero attached hydrogens (tertiary/aromatic N) is 6. The molecule has 0 spiro atoms. The van der Waals surface area contributed by atoms with E-state index in [0.29, 0.717) is 6.42 Å². The zero-order valence-corrected chi connectivity index (χ0v) is 13.5. The molecule has 3 aliphatic rings. The van der Waals surface area contributed by atoms with Crippen molar-refractivity contribution < 1.29 is 19.4 Å². The average Bonchev–Trinajstić information content (AvgIpc) is 3.08. The molecule has 0 aromatic heterocycles. The number of hydrogen-bond acceptors (Lipinski definition) is 8. The molecule has 0 saturated carbocycles. The maximum absolute atomic E-state index is 12.4. The number of azide groups is 1. The van der Waals surface area contributed by atoms with Crippen LogP contribution >= 0.6 is 11.8 Å². The molecule has 2 fully saturated rings. The van der Waals surface area contributed by atoms with Crippen LogP contribution in [-0.2, 0) is 9.53 Å². The molecule has 24 heavy (non-hydrogen) atoms. The number of ether oxygens (including phenoxy) is 1. The number of aliphatic hydroxyl groups excluding tert-OH is 1. The molecule has 0 bridgehead atoms. The van der Waals surface area contributed by atoms with Gasteiger partial charge in [-0.3, -0.25) is 14.5 Å². The Kier molecular flexibility index (Phi) is 4.45. The second kappa shape index (κ2) is 6.40. The van der Waals surface area contributed by atoms with Crippen molar-refractivity contribution in [3.05, 3.63) is 10.4 Å². The second-order valence-electron chi connectivity index (χ2n) is 5.46. The van der Waals surface area contributed by atoms with Crippen molar-refractivity contribution in [1.82, 2.24) is 4.90 Å². The van der Waals surface area contributed by atoms with Crippen molar-refractivity contribution in [3.8, 4) is 0 Å². The molecule has 128 valence electrons. The van der Waals surface area contributed by atoms with E-state index in [1.807, 2.05) is 0 Å². The summed E-state index contributed by atoms with van der Waals surface area (Å²) < 4.78 is 5.76. The summed E-state index contributed by atoms with van der Waals surface area (Å²) in [6.07, 6.45) is -1.58. The topological polar surface area (TPSA) is 166 Å². The molecular weight excluding hydrogens is 338 g/mol. The maximum atomic E-state index is 12.4. The molecule has 11 nitrogen and oxygen atoms in total. The highest BCUT2D eigenvalue weighted by Gasteiger charge is 2.52. The highest BCUT2D eigenvalue weighted by Crippen LogP contribution is 2.38. The lowest BCUT2D eigenvalue weighted by Crippen LogP contribution is -2.48. The SMILES string of the molecule is CCC(O)[C@@H]1C[C@@H](N=[N+]=[N-])[C@H](N2C(=O)SC3C(=O)N=C(N)N=C32)O1. The number of thioether (sulfide) groups is 1. The number of aliphatic imine (C=N–C) groups is 2. The maximum Gasteiger partial charge on any atom is 0.290 e. The van der Waals surface area contributed by atoms with Crippen LogP contribution in [0.15, 0.2) is 15.1 Å². The number of guanidine groups is 1. The van der Waals surface area contributed by atoms with Gasteiger partial charge >= 0.3 is 0 Å². The molecule has 0 aromatic carbocycles. The minimum Gasteiger partial charge on any atom is -0.390 e. The quantitative estimate of drug-likeness (QED) is 0.420. The zero-order valence-electron chi connectivity index (χ0n) is 12.6. The number of amidine groups is 1. The van der Waals surface area contributed by atoms with Gasteiger partial charge in [-0.05, 0) is 30.1 Å². The van der Waals surface area contributed by atoms with Crippen LogP contribution in [0.25, 0.3) is 10.4 Å². The number of amides is 2. The summed E-state index contributed by atoms with van der Waals surface area (Å²) in [5.74, 6) is -0.686. The van der Waals surface area contributed by atoms with Crippen molar-refractivity contribution in [3.63, 3.8) is 0 Å². The molecule has 2 unspecified atom stereocenters. The van der Waals surface area contributed by atoms with Crippen LogP contribution in [0.4, 0.5) is 4.79 Å². The molecule has 2 amide bonds. The van der Waals surface area contributed by atoms with Gasteiger partial charge in [-0.2, -0.15) is 9.98 Å². The molecule has 3 N–H and O–H groups in total. The molecule has 0 radical (unpaired) electrons. The minimum absolute atomic E-state index is 0.122. The highest BCUT2D eigenvalue weighted by atomic mass is 32.2. The lowest BCUT2D eigenvalue weighted by molar-refractivity contribution is -0.116. The highest BCUT2D eigenvalue weighted by molar-refractivity contribution is 8.16. The van der Waals surface area contributed by atoms with Gasteiger partial charge in [0, 0.05) is 4.91 Å². The van der Waals surface area contributed by atoms with Gasteiger partial charge in [0.05, 0.1) is 18.2 Å². The predicted octanol–water partition coefficient (Wildman–Crippen LogP) is 0.342. The van der Waals surface area contributed by atoms with E-state index in [4.69, 9.17) is 16.0 Å². The monoisotopic (exact) mass is 353 g/mol. The Hall–Kier alpha value is -2.14. The smallest absolute Gasteiger partial charge is 0.290 e. The molecule has 3 aliphatic heterocycles. The Labute approximate surface area is 140 Å². The van der Waals surface area contributed by atoms with Gasteiger partial charge in [0.15, 0.2) is 5.25 Å². The van der Waals surface area contributed by atoms with Crippen LogP contribution < -0.4 is 5.73 Å². The number of hydrogen-bond donors (Lipinski definition) is 2. The summed E-state index contributed by atoms with van der Waals surface area (Å²) in [5, 5.41) is 12.3. The fourth-order valence-corrected chi connectivity index (χ4v) is 3.78. The predicted molar refractivity (Wildman–Crippen MR) is 85.2 cm³/mol. The molecular formula is C12H15N7O4S. The third kappa shape index (κ3) is 2.73. The standard InChI is InChI=1S/C12H15N7O4S/c1-2-5(20)6-3-4(17-18-14)10(23-6)19-8-7(24-12(19)22)9(21)16-11(13)15-8/h4-7,10,20H,2-3H2,1H3,(H2,13,16,21)/t4-,5?,6+,7?,10-/m1/s1. The third-order valence-electron chi connectivity index (χ3n) is 3.99. The molecule has 3 rings (SSSR count). The van der Waals surface area contributed by atoms with Crippen molar-refractivity contribution in [2.24, 2.45) is 20.8 Å². The van der Waals surface area contributed by atoms with Crippen molar-refractivity contribution >= 4 is 34.7 Å². The fraction of sp³-hybridized carbons (Fsp3) is 0.667. The van der Waals surface area contributed by atoms with Gasteiger partial charge in [0.25, 0.3) is 11.1 Å². The molecule has 12 heteroatoms.